The molecule has 0 amide bonds. The molecule has 0 aliphatic carbocycles. The molecule has 1 aromatic heterocycles. The van der Waals surface area contributed by atoms with E-state index in [1.165, 1.54) is 0 Å². The maximum absolute atomic E-state index is 5.78. The molecule has 0 aliphatic heterocycles. The van der Waals surface area contributed by atoms with E-state index < -0.39 is 0 Å². The van der Waals surface area contributed by atoms with Crippen LogP contribution in [0.5, 0.6) is 5.75 Å². The van der Waals surface area contributed by atoms with E-state index in [-0.39, 0.29) is 0 Å². The Morgan fingerprint density at radius 2 is 1.56 bits per heavy atom. The van der Waals surface area contributed by atoms with Gasteiger partial charge in [-0.25, -0.2) is 0 Å². The Labute approximate surface area is 117 Å². The van der Waals surface area contributed by atoms with Crippen LogP contribution in [0, 0.1) is 0 Å². The van der Waals surface area contributed by atoms with Gasteiger partial charge in [0, 0.05) is 12.1 Å². The number of halogens is 2. The number of nitrogens with zero attached hydrogens (tertiary/aromatic N) is 1. The van der Waals surface area contributed by atoms with Crippen LogP contribution in [0.4, 0.5) is 0 Å². The average molecular weight is 282 g/mol. The van der Waals surface area contributed by atoms with Crippen LogP contribution in [-0.4, -0.2) is 4.98 Å². The minimum atomic E-state index is 0.354. The number of pyridine rings is 1. The first kappa shape index (κ1) is 13.2. The van der Waals surface area contributed by atoms with Crippen LogP contribution in [0.3, 0.4) is 0 Å². The second-order valence-corrected chi connectivity index (χ2v) is 4.36. The van der Waals surface area contributed by atoms with Crippen molar-refractivity contribution < 1.29 is 4.74 Å². The van der Waals surface area contributed by atoms with E-state index in [0.29, 0.717) is 18.4 Å². The highest BCUT2D eigenvalue weighted by Crippen LogP contribution is 2.18. The Morgan fingerprint density at radius 3 is 2.11 bits per heavy atom. The van der Waals surface area contributed by atoms with Crippen molar-refractivity contribution in [2.45, 2.75) is 18.4 Å². The van der Waals surface area contributed by atoms with E-state index in [0.717, 1.165) is 22.7 Å². The molecule has 0 N–H and O–H groups in total. The van der Waals surface area contributed by atoms with Crippen molar-refractivity contribution in [1.29, 1.82) is 0 Å². The molecule has 0 aliphatic rings. The Kier molecular flexibility index (Phi) is 4.85. The lowest BCUT2D eigenvalue weighted by molar-refractivity contribution is 0.305. The molecule has 1 heterocycles. The zero-order valence-corrected chi connectivity index (χ0v) is 11.3. The molecule has 2 nitrogen and oxygen atoms in total. The molecule has 0 bridgehead atoms. The summed E-state index contributed by atoms with van der Waals surface area (Å²) >= 11 is 11.6. The van der Waals surface area contributed by atoms with Crippen molar-refractivity contribution in [2.75, 3.05) is 0 Å². The van der Waals surface area contributed by atoms with Crippen molar-refractivity contribution in [3.8, 4) is 5.75 Å². The van der Waals surface area contributed by atoms with E-state index in [1.807, 2.05) is 42.5 Å². The number of ether oxygens (including phenoxy) is 1. The van der Waals surface area contributed by atoms with Gasteiger partial charge in [-0.15, -0.1) is 23.2 Å². The van der Waals surface area contributed by atoms with Gasteiger partial charge in [-0.2, -0.15) is 0 Å². The topological polar surface area (TPSA) is 22.1 Å². The summed E-state index contributed by atoms with van der Waals surface area (Å²) in [7, 11) is 0. The molecular formula is C14H13Cl2NO. The second-order valence-electron chi connectivity index (χ2n) is 3.83. The number of benzene rings is 1. The number of alkyl halides is 2. The van der Waals surface area contributed by atoms with Crippen LogP contribution in [0.1, 0.15) is 17.0 Å². The van der Waals surface area contributed by atoms with Crippen LogP contribution in [-0.2, 0) is 18.4 Å². The minimum Gasteiger partial charge on any atom is -0.489 e. The van der Waals surface area contributed by atoms with Gasteiger partial charge in [0.15, 0.2) is 0 Å². The molecule has 2 aromatic rings. The van der Waals surface area contributed by atoms with E-state index in [1.54, 1.807) is 0 Å². The zero-order valence-electron chi connectivity index (χ0n) is 9.77. The van der Waals surface area contributed by atoms with Crippen molar-refractivity contribution >= 4 is 23.2 Å². The standard InChI is InChI=1S/C14H13Cl2NO/c15-8-12-6-14(7-13(9-16)17-12)18-10-11-4-2-1-3-5-11/h1-7H,8-10H2. The van der Waals surface area contributed by atoms with Gasteiger partial charge in [-0.3, -0.25) is 4.98 Å². The fourth-order valence-corrected chi connectivity index (χ4v) is 1.85. The molecule has 18 heavy (non-hydrogen) atoms. The summed E-state index contributed by atoms with van der Waals surface area (Å²) in [6, 6.07) is 13.7. The molecule has 0 fully saturated rings. The summed E-state index contributed by atoms with van der Waals surface area (Å²) in [5.74, 6) is 1.46. The predicted octanol–water partition coefficient (Wildman–Crippen LogP) is 4.14. The van der Waals surface area contributed by atoms with Gasteiger partial charge in [0.1, 0.15) is 12.4 Å². The van der Waals surface area contributed by atoms with Gasteiger partial charge in [-0.1, -0.05) is 30.3 Å². The van der Waals surface area contributed by atoms with Crippen molar-refractivity contribution in [3.05, 3.63) is 59.4 Å². The van der Waals surface area contributed by atoms with Crippen molar-refractivity contribution in [2.24, 2.45) is 0 Å². The van der Waals surface area contributed by atoms with Crippen molar-refractivity contribution in [3.63, 3.8) is 0 Å². The van der Waals surface area contributed by atoms with Crippen molar-refractivity contribution in [1.82, 2.24) is 4.98 Å². The fourth-order valence-electron chi connectivity index (χ4n) is 1.58. The number of hydrogen-bond acceptors (Lipinski definition) is 2. The minimum absolute atomic E-state index is 0.354. The summed E-state index contributed by atoms with van der Waals surface area (Å²) in [6.45, 7) is 0.522. The summed E-state index contributed by atoms with van der Waals surface area (Å²) in [5.41, 5.74) is 2.67. The van der Waals surface area contributed by atoms with E-state index >= 15 is 0 Å². The molecular weight excluding hydrogens is 269 g/mol. The summed E-state index contributed by atoms with van der Waals surface area (Å²) in [5, 5.41) is 0. The third-order valence-electron chi connectivity index (χ3n) is 2.43. The first-order chi connectivity index (χ1) is 8.81. The van der Waals surface area contributed by atoms with Gasteiger partial charge < -0.3 is 4.74 Å². The van der Waals surface area contributed by atoms with Crippen LogP contribution in [0.15, 0.2) is 42.5 Å². The predicted molar refractivity (Wildman–Crippen MR) is 74.1 cm³/mol. The van der Waals surface area contributed by atoms with Gasteiger partial charge >= 0.3 is 0 Å². The van der Waals surface area contributed by atoms with Gasteiger partial charge in [0.25, 0.3) is 0 Å². The molecule has 1 aromatic carbocycles. The van der Waals surface area contributed by atoms with Gasteiger partial charge in [-0.05, 0) is 5.56 Å². The third kappa shape index (κ3) is 3.62. The number of aromatic nitrogens is 1. The Hall–Kier alpha value is -1.25. The molecule has 0 atom stereocenters. The van der Waals surface area contributed by atoms with Gasteiger partial charge in [0.05, 0.1) is 23.1 Å². The first-order valence-electron chi connectivity index (χ1n) is 5.60. The lowest BCUT2D eigenvalue weighted by atomic mass is 10.2. The molecule has 0 saturated carbocycles. The lowest BCUT2D eigenvalue weighted by Gasteiger charge is -2.08. The molecule has 94 valence electrons. The summed E-state index contributed by atoms with van der Waals surface area (Å²) in [6.07, 6.45) is 0. The molecule has 0 radical (unpaired) electrons. The average Bonchev–Trinajstić information content (AvgIpc) is 2.45. The maximum Gasteiger partial charge on any atom is 0.123 e. The van der Waals surface area contributed by atoms with Crippen LogP contribution in [0.2, 0.25) is 0 Å². The molecule has 4 heteroatoms. The Balaban J connectivity index is 2.09. The zero-order chi connectivity index (χ0) is 12.8. The van der Waals surface area contributed by atoms with E-state index in [2.05, 4.69) is 4.98 Å². The maximum atomic E-state index is 5.78. The SMILES string of the molecule is ClCc1cc(OCc2ccccc2)cc(CCl)n1. The normalized spacial score (nSPS) is 10.3. The van der Waals surface area contributed by atoms with Gasteiger partial charge in [0.2, 0.25) is 0 Å². The quantitative estimate of drug-likeness (QED) is 0.769. The highest BCUT2D eigenvalue weighted by Gasteiger charge is 2.03. The third-order valence-corrected chi connectivity index (χ3v) is 2.97. The highest BCUT2D eigenvalue weighted by molar-refractivity contribution is 6.17. The Morgan fingerprint density at radius 1 is 0.944 bits per heavy atom. The highest BCUT2D eigenvalue weighted by atomic mass is 35.5. The molecule has 0 saturated heterocycles. The molecule has 0 unspecified atom stereocenters. The second kappa shape index (κ2) is 6.62. The lowest BCUT2D eigenvalue weighted by Crippen LogP contribution is -1.98. The van der Waals surface area contributed by atoms with Crippen LogP contribution in [0.25, 0.3) is 0 Å². The summed E-state index contributed by atoms with van der Waals surface area (Å²) in [4.78, 5) is 4.28. The van der Waals surface area contributed by atoms with E-state index in [4.69, 9.17) is 27.9 Å². The first-order valence-corrected chi connectivity index (χ1v) is 6.67. The number of hydrogen-bond donors (Lipinski definition) is 0. The Bertz CT molecular complexity index is 480. The largest absolute Gasteiger partial charge is 0.489 e. The van der Waals surface area contributed by atoms with Crippen LogP contribution >= 0.6 is 23.2 Å². The van der Waals surface area contributed by atoms with E-state index in [9.17, 15) is 0 Å². The molecule has 2 rings (SSSR count). The monoisotopic (exact) mass is 281 g/mol. The smallest absolute Gasteiger partial charge is 0.123 e. The number of rotatable bonds is 5. The fraction of sp³-hybridized carbons (Fsp3) is 0.214. The van der Waals surface area contributed by atoms with Crippen LogP contribution < -0.4 is 4.74 Å². The summed E-state index contributed by atoms with van der Waals surface area (Å²) < 4.78 is 5.72. The molecule has 0 spiro atoms.